The molecule has 1 heterocycles. The molecule has 0 atom stereocenters. The summed E-state index contributed by atoms with van der Waals surface area (Å²) in [5.74, 6) is -1.65. The molecule has 0 aliphatic rings. The van der Waals surface area contributed by atoms with Crippen molar-refractivity contribution in [3.63, 3.8) is 0 Å². The lowest BCUT2D eigenvalue weighted by molar-refractivity contribution is -0.138. The first-order valence-corrected chi connectivity index (χ1v) is 6.52. The molecule has 7 heteroatoms. The molecule has 0 aliphatic heterocycles. The number of benzene rings is 1. The number of para-hydroxylation sites is 1. The first-order chi connectivity index (χ1) is 10.5. The molecule has 0 amide bonds. The van der Waals surface area contributed by atoms with Crippen LogP contribution in [0.1, 0.15) is 6.92 Å². The van der Waals surface area contributed by atoms with Gasteiger partial charge in [-0.3, -0.25) is 0 Å². The minimum atomic E-state index is -1.05. The number of carboxylic acid groups (broad SMARTS) is 1. The average Bonchev–Trinajstić information content (AvgIpc) is 2.90. The largest absolute Gasteiger partial charge is 0.478 e. The molecule has 0 unspecified atom stereocenters. The molecule has 1 aromatic carbocycles. The SMILES string of the molecule is C=C(Cn1nnc2ccccc21)C(=O)OCC=C(C)C(=O)O. The van der Waals surface area contributed by atoms with Crippen LogP contribution in [0.3, 0.4) is 0 Å². The van der Waals surface area contributed by atoms with Gasteiger partial charge in [0.1, 0.15) is 12.1 Å². The molecule has 114 valence electrons. The van der Waals surface area contributed by atoms with Crippen LogP contribution in [0.2, 0.25) is 0 Å². The summed E-state index contributed by atoms with van der Waals surface area (Å²) in [6, 6.07) is 7.36. The van der Waals surface area contributed by atoms with Crippen molar-refractivity contribution in [1.82, 2.24) is 15.0 Å². The predicted octanol–water partition coefficient (Wildman–Crippen LogP) is 1.56. The number of hydrogen-bond donors (Lipinski definition) is 1. The van der Waals surface area contributed by atoms with Gasteiger partial charge >= 0.3 is 11.9 Å². The number of ether oxygens (including phenoxy) is 1. The molecular weight excluding hydrogens is 286 g/mol. The summed E-state index contributed by atoms with van der Waals surface area (Å²) in [6.45, 7) is 5.13. The number of esters is 1. The predicted molar refractivity (Wildman–Crippen MR) is 79.0 cm³/mol. The van der Waals surface area contributed by atoms with Crippen molar-refractivity contribution in [1.29, 1.82) is 0 Å². The smallest absolute Gasteiger partial charge is 0.335 e. The molecule has 7 nitrogen and oxygen atoms in total. The van der Waals surface area contributed by atoms with Crippen LogP contribution >= 0.6 is 0 Å². The van der Waals surface area contributed by atoms with Gasteiger partial charge in [-0.25, -0.2) is 14.3 Å². The van der Waals surface area contributed by atoms with Crippen molar-refractivity contribution < 1.29 is 19.4 Å². The highest BCUT2D eigenvalue weighted by Gasteiger charge is 2.12. The Hall–Kier alpha value is -2.96. The van der Waals surface area contributed by atoms with Gasteiger partial charge in [0.15, 0.2) is 0 Å². The minimum absolute atomic E-state index is 0.112. The van der Waals surface area contributed by atoms with Crippen molar-refractivity contribution >= 4 is 23.0 Å². The summed E-state index contributed by atoms with van der Waals surface area (Å²) in [5.41, 5.74) is 1.83. The maximum Gasteiger partial charge on any atom is 0.335 e. The molecular formula is C15H15N3O4. The minimum Gasteiger partial charge on any atom is -0.478 e. The zero-order valence-corrected chi connectivity index (χ0v) is 12.0. The lowest BCUT2D eigenvalue weighted by Gasteiger charge is -2.06. The highest BCUT2D eigenvalue weighted by Crippen LogP contribution is 2.11. The molecule has 0 saturated heterocycles. The van der Waals surface area contributed by atoms with Crippen molar-refractivity contribution in [2.75, 3.05) is 6.61 Å². The number of carbonyl (C=O) groups is 2. The first-order valence-electron chi connectivity index (χ1n) is 6.52. The van der Waals surface area contributed by atoms with Crippen LogP contribution in [0.5, 0.6) is 0 Å². The van der Waals surface area contributed by atoms with E-state index in [0.29, 0.717) is 0 Å². The van der Waals surface area contributed by atoms with Crippen molar-refractivity contribution in [2.45, 2.75) is 13.5 Å². The van der Waals surface area contributed by atoms with Gasteiger partial charge in [-0.15, -0.1) is 5.10 Å². The molecule has 0 fully saturated rings. The third kappa shape index (κ3) is 3.57. The number of carbonyl (C=O) groups excluding carboxylic acids is 1. The quantitative estimate of drug-likeness (QED) is 0.642. The fourth-order valence-electron chi connectivity index (χ4n) is 1.71. The van der Waals surface area contributed by atoms with E-state index in [-0.39, 0.29) is 24.3 Å². The van der Waals surface area contributed by atoms with Gasteiger partial charge in [0, 0.05) is 5.57 Å². The molecule has 0 aliphatic carbocycles. The van der Waals surface area contributed by atoms with E-state index in [2.05, 4.69) is 16.9 Å². The summed E-state index contributed by atoms with van der Waals surface area (Å²) in [7, 11) is 0. The Labute approximate surface area is 126 Å². The van der Waals surface area contributed by atoms with E-state index in [1.165, 1.54) is 13.0 Å². The van der Waals surface area contributed by atoms with E-state index in [1.54, 1.807) is 4.68 Å². The number of fused-ring (bicyclic) bond motifs is 1. The molecule has 0 spiro atoms. The van der Waals surface area contributed by atoms with Crippen molar-refractivity contribution in [2.24, 2.45) is 0 Å². The lowest BCUT2D eigenvalue weighted by atomic mass is 10.3. The van der Waals surface area contributed by atoms with Gasteiger partial charge in [-0.2, -0.15) is 0 Å². The second-order valence-corrected chi connectivity index (χ2v) is 4.63. The van der Waals surface area contributed by atoms with Gasteiger partial charge in [0.05, 0.1) is 17.6 Å². The third-order valence-electron chi connectivity index (χ3n) is 2.99. The lowest BCUT2D eigenvalue weighted by Crippen LogP contribution is -2.14. The molecule has 22 heavy (non-hydrogen) atoms. The monoisotopic (exact) mass is 301 g/mol. The maximum atomic E-state index is 11.8. The summed E-state index contributed by atoms with van der Waals surface area (Å²) in [6.07, 6.45) is 1.32. The molecule has 0 saturated carbocycles. The molecule has 2 rings (SSSR count). The van der Waals surface area contributed by atoms with Crippen LogP contribution in [-0.4, -0.2) is 38.6 Å². The second-order valence-electron chi connectivity index (χ2n) is 4.63. The van der Waals surface area contributed by atoms with Gasteiger partial charge in [-0.1, -0.05) is 23.9 Å². The normalized spacial score (nSPS) is 11.4. The van der Waals surface area contributed by atoms with Crippen LogP contribution < -0.4 is 0 Å². The van der Waals surface area contributed by atoms with Crippen molar-refractivity contribution in [3.05, 3.63) is 48.1 Å². The number of carboxylic acids is 1. The van der Waals surface area contributed by atoms with Gasteiger partial charge < -0.3 is 9.84 Å². The Bertz CT molecular complexity index is 761. The van der Waals surface area contributed by atoms with E-state index in [4.69, 9.17) is 9.84 Å². The number of nitrogens with zero attached hydrogens (tertiary/aromatic N) is 3. The van der Waals surface area contributed by atoms with Gasteiger partial charge in [0.25, 0.3) is 0 Å². The summed E-state index contributed by atoms with van der Waals surface area (Å²) < 4.78 is 6.50. The van der Waals surface area contributed by atoms with Crippen LogP contribution in [0.4, 0.5) is 0 Å². The summed E-state index contributed by atoms with van der Waals surface area (Å²) >= 11 is 0. The number of aromatic nitrogens is 3. The van der Waals surface area contributed by atoms with Crippen molar-refractivity contribution in [3.8, 4) is 0 Å². The Balaban J connectivity index is 1.96. The standard InChI is InChI=1S/C15H15N3O4/c1-10(14(19)20)7-8-22-15(21)11(2)9-18-13-6-4-3-5-12(13)16-17-18/h3-7H,2,8-9H2,1H3,(H,19,20). The van der Waals surface area contributed by atoms with E-state index in [9.17, 15) is 9.59 Å². The Morgan fingerprint density at radius 3 is 2.86 bits per heavy atom. The fourth-order valence-corrected chi connectivity index (χ4v) is 1.71. The highest BCUT2D eigenvalue weighted by atomic mass is 16.5. The molecule has 1 N–H and O–H groups in total. The zero-order valence-electron chi connectivity index (χ0n) is 12.0. The van der Waals surface area contributed by atoms with Crippen LogP contribution in [-0.2, 0) is 20.9 Å². The number of hydrogen-bond acceptors (Lipinski definition) is 5. The van der Waals surface area contributed by atoms with Gasteiger partial charge in [-0.05, 0) is 25.1 Å². The Morgan fingerprint density at radius 2 is 2.14 bits per heavy atom. The number of rotatable bonds is 6. The topological polar surface area (TPSA) is 94.3 Å². The fraction of sp³-hybridized carbons (Fsp3) is 0.200. The van der Waals surface area contributed by atoms with Crippen LogP contribution in [0.15, 0.2) is 48.1 Å². The van der Waals surface area contributed by atoms with E-state index >= 15 is 0 Å². The van der Waals surface area contributed by atoms with E-state index in [0.717, 1.165) is 11.0 Å². The highest BCUT2D eigenvalue weighted by molar-refractivity contribution is 5.88. The summed E-state index contributed by atoms with van der Waals surface area (Å²) in [5, 5.41) is 16.6. The number of aliphatic carboxylic acids is 1. The summed E-state index contributed by atoms with van der Waals surface area (Å²) in [4.78, 5) is 22.4. The first kappa shape index (κ1) is 15.4. The third-order valence-corrected chi connectivity index (χ3v) is 2.99. The van der Waals surface area contributed by atoms with E-state index < -0.39 is 11.9 Å². The van der Waals surface area contributed by atoms with Crippen LogP contribution in [0, 0.1) is 0 Å². The molecule has 1 aromatic heterocycles. The zero-order chi connectivity index (χ0) is 16.1. The molecule has 2 aromatic rings. The van der Waals surface area contributed by atoms with E-state index in [1.807, 2.05) is 24.3 Å². The second kappa shape index (κ2) is 6.66. The van der Waals surface area contributed by atoms with Crippen LogP contribution in [0.25, 0.3) is 11.0 Å². The van der Waals surface area contributed by atoms with Gasteiger partial charge in [0.2, 0.25) is 0 Å². The molecule has 0 radical (unpaired) electrons. The molecule has 0 bridgehead atoms. The Morgan fingerprint density at radius 1 is 1.41 bits per heavy atom. The average molecular weight is 301 g/mol. The maximum absolute atomic E-state index is 11.8. The Kier molecular flexibility index (Phi) is 4.67.